The van der Waals surface area contributed by atoms with Gasteiger partial charge in [0.2, 0.25) is 0 Å². The molecule has 4 rings (SSSR count). The van der Waals surface area contributed by atoms with Crippen LogP contribution < -0.4 is 10.1 Å². The molecule has 37 heavy (non-hydrogen) atoms. The summed E-state index contributed by atoms with van der Waals surface area (Å²) in [7, 11) is 1.53. The van der Waals surface area contributed by atoms with Gasteiger partial charge >= 0.3 is 5.97 Å². The van der Waals surface area contributed by atoms with Crippen LogP contribution in [0.4, 0.5) is 10.1 Å². The number of anilines is 1. The van der Waals surface area contributed by atoms with Crippen LogP contribution in [0.5, 0.6) is 5.75 Å². The topological polar surface area (TPSA) is 84.9 Å². The minimum atomic E-state index is -1.77. The average molecular weight is 506 g/mol. The van der Waals surface area contributed by atoms with E-state index in [1.54, 1.807) is 24.3 Å². The minimum Gasteiger partial charge on any atom is -0.496 e. The molecule has 0 spiro atoms. The van der Waals surface area contributed by atoms with E-state index in [2.05, 4.69) is 5.32 Å². The Morgan fingerprint density at radius 1 is 1.11 bits per heavy atom. The highest BCUT2D eigenvalue weighted by molar-refractivity contribution is 5.99. The first-order chi connectivity index (χ1) is 17.5. The lowest BCUT2D eigenvalue weighted by atomic mass is 9.73. The molecule has 0 bridgehead atoms. The molecular formula is C30H32FNO5. The summed E-state index contributed by atoms with van der Waals surface area (Å²) in [4.78, 5) is 25.4. The summed E-state index contributed by atoms with van der Waals surface area (Å²) in [5.41, 5.74) is 1.75. The number of cyclic esters (lactones) is 1. The van der Waals surface area contributed by atoms with Crippen LogP contribution in [-0.2, 0) is 29.0 Å². The molecule has 0 aliphatic carbocycles. The summed E-state index contributed by atoms with van der Waals surface area (Å²) in [6.07, 6.45) is 0.582. The molecular weight excluding hydrogens is 473 g/mol. The number of hydrogen-bond donors (Lipinski definition) is 2. The summed E-state index contributed by atoms with van der Waals surface area (Å²) in [6.45, 7) is 5.97. The zero-order chi connectivity index (χ0) is 26.8. The van der Waals surface area contributed by atoms with E-state index >= 15 is 0 Å². The molecule has 6 nitrogen and oxygen atoms in total. The lowest BCUT2D eigenvalue weighted by molar-refractivity contribution is -0.137. The third-order valence-electron chi connectivity index (χ3n) is 6.63. The van der Waals surface area contributed by atoms with Gasteiger partial charge in [0.05, 0.1) is 12.7 Å². The Morgan fingerprint density at radius 2 is 1.89 bits per heavy atom. The van der Waals surface area contributed by atoms with Crippen LogP contribution in [0.15, 0.2) is 60.7 Å². The SMILES string of the molecule is COc1ccc(F)cc1CC(C)(C)CC(O)(Cc1cccc(C)c1)C(=O)Nc1ccc2c(c1)COC2=O. The average Bonchev–Trinajstić information content (AvgIpc) is 3.18. The molecule has 7 heteroatoms. The van der Waals surface area contributed by atoms with E-state index in [9.17, 15) is 19.1 Å². The molecule has 1 aliphatic heterocycles. The van der Waals surface area contributed by atoms with Gasteiger partial charge in [-0.1, -0.05) is 43.7 Å². The number of fused-ring (bicyclic) bond motifs is 1. The molecule has 3 aromatic carbocycles. The Hall–Kier alpha value is -3.71. The maximum absolute atomic E-state index is 14.0. The van der Waals surface area contributed by atoms with Gasteiger partial charge in [-0.05, 0) is 72.7 Å². The second-order valence-electron chi connectivity index (χ2n) is 10.6. The number of benzene rings is 3. The molecule has 3 aromatic rings. The van der Waals surface area contributed by atoms with Crippen LogP contribution in [0.2, 0.25) is 0 Å². The first-order valence-corrected chi connectivity index (χ1v) is 12.2. The molecule has 1 aliphatic rings. The number of carbonyl (C=O) groups excluding carboxylic acids is 2. The first-order valence-electron chi connectivity index (χ1n) is 12.2. The normalized spacial score (nSPS) is 14.5. The van der Waals surface area contributed by atoms with E-state index in [-0.39, 0.29) is 25.3 Å². The quantitative estimate of drug-likeness (QED) is 0.381. The Kier molecular flexibility index (Phi) is 7.37. The van der Waals surface area contributed by atoms with Crippen molar-refractivity contribution in [3.8, 4) is 5.75 Å². The number of ether oxygens (including phenoxy) is 2. The molecule has 0 aromatic heterocycles. The molecule has 1 atom stereocenters. The number of amides is 1. The van der Waals surface area contributed by atoms with Crippen molar-refractivity contribution in [2.45, 2.75) is 52.2 Å². The molecule has 0 saturated carbocycles. The van der Waals surface area contributed by atoms with Crippen molar-refractivity contribution in [1.82, 2.24) is 0 Å². The number of esters is 1. The highest BCUT2D eigenvalue weighted by Crippen LogP contribution is 2.37. The number of halogens is 1. The monoisotopic (exact) mass is 505 g/mol. The number of methoxy groups -OCH3 is 1. The van der Waals surface area contributed by atoms with Gasteiger partial charge in [0.15, 0.2) is 0 Å². The number of aliphatic hydroxyl groups is 1. The number of carbonyl (C=O) groups is 2. The minimum absolute atomic E-state index is 0.0940. The highest BCUT2D eigenvalue weighted by Gasteiger charge is 2.42. The van der Waals surface area contributed by atoms with E-state index < -0.39 is 22.9 Å². The Balaban J connectivity index is 1.62. The van der Waals surface area contributed by atoms with Gasteiger partial charge in [-0.25, -0.2) is 9.18 Å². The van der Waals surface area contributed by atoms with Crippen LogP contribution >= 0.6 is 0 Å². The van der Waals surface area contributed by atoms with Crippen molar-refractivity contribution < 1.29 is 28.6 Å². The number of nitrogens with one attached hydrogen (secondary N) is 1. The number of aryl methyl sites for hydroxylation is 1. The molecule has 0 saturated heterocycles. The van der Waals surface area contributed by atoms with Crippen molar-refractivity contribution in [3.05, 3.63) is 94.3 Å². The fourth-order valence-electron chi connectivity index (χ4n) is 5.10. The largest absolute Gasteiger partial charge is 0.496 e. The Morgan fingerprint density at radius 3 is 2.62 bits per heavy atom. The van der Waals surface area contributed by atoms with Crippen molar-refractivity contribution in [2.75, 3.05) is 12.4 Å². The van der Waals surface area contributed by atoms with Crippen molar-refractivity contribution >= 4 is 17.6 Å². The van der Waals surface area contributed by atoms with Gasteiger partial charge in [0, 0.05) is 17.7 Å². The van der Waals surface area contributed by atoms with E-state index in [1.807, 2.05) is 45.0 Å². The predicted molar refractivity (Wildman–Crippen MR) is 139 cm³/mol. The molecule has 0 fully saturated rings. The van der Waals surface area contributed by atoms with Crippen LogP contribution in [0.25, 0.3) is 0 Å². The zero-order valence-corrected chi connectivity index (χ0v) is 21.6. The maximum atomic E-state index is 14.0. The lowest BCUT2D eigenvalue weighted by Gasteiger charge is -2.36. The lowest BCUT2D eigenvalue weighted by Crippen LogP contribution is -2.48. The zero-order valence-electron chi connectivity index (χ0n) is 21.6. The maximum Gasteiger partial charge on any atom is 0.338 e. The smallest absolute Gasteiger partial charge is 0.338 e. The summed E-state index contributed by atoms with van der Waals surface area (Å²) in [6, 6.07) is 16.9. The third kappa shape index (κ3) is 6.17. The standard InChI is InChI=1S/C30H32FNO5/c1-19-6-5-7-20(12-19)15-30(35,18-29(2,3)16-21-13-23(31)8-11-26(21)36-4)28(34)32-24-9-10-25-22(14-24)17-37-27(25)33/h5-14,35H,15-18H2,1-4H3,(H,32,34). The van der Waals surface area contributed by atoms with Crippen LogP contribution in [0.1, 0.15) is 52.9 Å². The molecule has 0 radical (unpaired) electrons. The third-order valence-corrected chi connectivity index (χ3v) is 6.63. The first kappa shape index (κ1) is 26.4. The Labute approximate surface area is 216 Å². The fraction of sp³-hybridized carbons (Fsp3) is 0.333. The van der Waals surface area contributed by atoms with Crippen LogP contribution in [-0.4, -0.2) is 29.7 Å². The van der Waals surface area contributed by atoms with Gasteiger partial charge in [-0.15, -0.1) is 0 Å². The van der Waals surface area contributed by atoms with Crippen molar-refractivity contribution in [1.29, 1.82) is 0 Å². The summed E-state index contributed by atoms with van der Waals surface area (Å²) in [5.74, 6) is -0.772. The van der Waals surface area contributed by atoms with E-state index in [1.165, 1.54) is 19.2 Å². The molecule has 1 amide bonds. The summed E-state index contributed by atoms with van der Waals surface area (Å²) < 4.78 is 24.5. The predicted octanol–water partition coefficient (Wildman–Crippen LogP) is 5.38. The van der Waals surface area contributed by atoms with Crippen molar-refractivity contribution in [3.63, 3.8) is 0 Å². The van der Waals surface area contributed by atoms with Gasteiger partial charge < -0.3 is 19.9 Å². The van der Waals surface area contributed by atoms with Crippen LogP contribution in [0.3, 0.4) is 0 Å². The number of rotatable bonds is 9. The molecule has 1 heterocycles. The van der Waals surface area contributed by atoms with E-state index in [0.717, 1.165) is 11.1 Å². The molecule has 1 unspecified atom stereocenters. The van der Waals surface area contributed by atoms with E-state index in [4.69, 9.17) is 9.47 Å². The van der Waals surface area contributed by atoms with E-state index in [0.29, 0.717) is 34.5 Å². The Bertz CT molecular complexity index is 1340. The second kappa shape index (κ2) is 10.3. The summed E-state index contributed by atoms with van der Waals surface area (Å²) in [5, 5.41) is 14.8. The van der Waals surface area contributed by atoms with Crippen molar-refractivity contribution in [2.24, 2.45) is 5.41 Å². The second-order valence-corrected chi connectivity index (χ2v) is 10.6. The fourth-order valence-corrected chi connectivity index (χ4v) is 5.10. The van der Waals surface area contributed by atoms with Gasteiger partial charge in [-0.3, -0.25) is 4.79 Å². The van der Waals surface area contributed by atoms with Gasteiger partial charge in [0.25, 0.3) is 5.91 Å². The molecule has 194 valence electrons. The highest BCUT2D eigenvalue weighted by atomic mass is 19.1. The van der Waals surface area contributed by atoms with Gasteiger partial charge in [-0.2, -0.15) is 0 Å². The molecule has 2 N–H and O–H groups in total. The van der Waals surface area contributed by atoms with Crippen LogP contribution in [0, 0.1) is 18.2 Å². The number of hydrogen-bond acceptors (Lipinski definition) is 5. The summed E-state index contributed by atoms with van der Waals surface area (Å²) >= 11 is 0. The van der Waals surface area contributed by atoms with Gasteiger partial charge in [0.1, 0.15) is 23.8 Å².